The van der Waals surface area contributed by atoms with Crippen LogP contribution in [0.1, 0.15) is 24.9 Å². The molecule has 1 N–H and O–H groups in total. The highest BCUT2D eigenvalue weighted by molar-refractivity contribution is 6.33. The summed E-state index contributed by atoms with van der Waals surface area (Å²) >= 11 is 12.1. The van der Waals surface area contributed by atoms with Crippen molar-refractivity contribution in [2.45, 2.75) is 25.9 Å². The lowest BCUT2D eigenvalue weighted by molar-refractivity contribution is 0.499. The SMILES string of the molecule is CC(NCCCn1ccnn1)c1cc(Cl)ccc1Cl. The first-order valence-corrected chi connectivity index (χ1v) is 6.95. The average Bonchev–Trinajstić information content (AvgIpc) is 2.90. The van der Waals surface area contributed by atoms with Gasteiger partial charge in [-0.15, -0.1) is 5.10 Å². The third-order valence-electron chi connectivity index (χ3n) is 2.91. The molecule has 0 saturated heterocycles. The van der Waals surface area contributed by atoms with E-state index in [1.54, 1.807) is 12.3 Å². The van der Waals surface area contributed by atoms with Gasteiger partial charge in [-0.1, -0.05) is 28.4 Å². The number of nitrogens with zero attached hydrogens (tertiary/aromatic N) is 3. The van der Waals surface area contributed by atoms with Gasteiger partial charge in [0.25, 0.3) is 0 Å². The number of aryl methyl sites for hydroxylation is 1. The van der Waals surface area contributed by atoms with Crippen molar-refractivity contribution in [1.29, 1.82) is 0 Å². The standard InChI is InChI=1S/C13H16Cl2N4/c1-10(12-9-11(14)3-4-13(12)15)16-5-2-7-19-8-6-17-18-19/h3-4,6,8-10,16H,2,5,7H2,1H3. The molecule has 0 spiro atoms. The zero-order chi connectivity index (χ0) is 13.7. The van der Waals surface area contributed by atoms with E-state index >= 15 is 0 Å². The lowest BCUT2D eigenvalue weighted by atomic mass is 10.1. The number of hydrogen-bond donors (Lipinski definition) is 1. The average molecular weight is 299 g/mol. The monoisotopic (exact) mass is 298 g/mol. The molecule has 2 rings (SSSR count). The Bertz CT molecular complexity index is 513. The number of hydrogen-bond acceptors (Lipinski definition) is 3. The van der Waals surface area contributed by atoms with Crippen LogP contribution in [0.25, 0.3) is 0 Å². The molecule has 1 atom stereocenters. The summed E-state index contributed by atoms with van der Waals surface area (Å²) in [6.07, 6.45) is 4.52. The summed E-state index contributed by atoms with van der Waals surface area (Å²) in [5.41, 5.74) is 1.02. The maximum atomic E-state index is 6.16. The molecule has 6 heteroatoms. The Kier molecular flexibility index (Phi) is 5.19. The van der Waals surface area contributed by atoms with E-state index in [0.717, 1.165) is 30.1 Å². The Morgan fingerprint density at radius 2 is 2.21 bits per heavy atom. The highest BCUT2D eigenvalue weighted by Crippen LogP contribution is 2.25. The Morgan fingerprint density at radius 1 is 1.37 bits per heavy atom. The number of halogens is 2. The van der Waals surface area contributed by atoms with E-state index < -0.39 is 0 Å². The molecule has 0 aliphatic carbocycles. The molecule has 1 aromatic heterocycles. The minimum absolute atomic E-state index is 0.168. The number of nitrogens with one attached hydrogen (secondary N) is 1. The summed E-state index contributed by atoms with van der Waals surface area (Å²) in [7, 11) is 0. The number of rotatable bonds is 6. The molecular formula is C13H16Cl2N4. The van der Waals surface area contributed by atoms with Gasteiger partial charge in [-0.25, -0.2) is 0 Å². The molecule has 0 aliphatic heterocycles. The van der Waals surface area contributed by atoms with Gasteiger partial charge in [0.1, 0.15) is 0 Å². The zero-order valence-electron chi connectivity index (χ0n) is 10.7. The van der Waals surface area contributed by atoms with Crippen LogP contribution in [0.3, 0.4) is 0 Å². The minimum atomic E-state index is 0.168. The fourth-order valence-electron chi connectivity index (χ4n) is 1.87. The zero-order valence-corrected chi connectivity index (χ0v) is 12.2. The summed E-state index contributed by atoms with van der Waals surface area (Å²) in [4.78, 5) is 0. The van der Waals surface area contributed by atoms with E-state index in [2.05, 4.69) is 22.6 Å². The van der Waals surface area contributed by atoms with E-state index in [0.29, 0.717) is 5.02 Å². The van der Waals surface area contributed by atoms with Crippen molar-refractivity contribution < 1.29 is 0 Å². The maximum Gasteiger partial charge on any atom is 0.0692 e. The van der Waals surface area contributed by atoms with Crippen molar-refractivity contribution in [3.63, 3.8) is 0 Å². The van der Waals surface area contributed by atoms with Crippen LogP contribution in [0.15, 0.2) is 30.6 Å². The molecular weight excluding hydrogens is 283 g/mol. The van der Waals surface area contributed by atoms with Crippen LogP contribution < -0.4 is 5.32 Å². The lowest BCUT2D eigenvalue weighted by Gasteiger charge is -2.16. The molecule has 102 valence electrons. The van der Waals surface area contributed by atoms with Gasteiger partial charge in [0.15, 0.2) is 0 Å². The molecule has 2 aromatic rings. The van der Waals surface area contributed by atoms with Crippen LogP contribution in [-0.2, 0) is 6.54 Å². The molecule has 4 nitrogen and oxygen atoms in total. The van der Waals surface area contributed by atoms with E-state index in [1.165, 1.54) is 0 Å². The van der Waals surface area contributed by atoms with Crippen LogP contribution in [0.2, 0.25) is 10.0 Å². The van der Waals surface area contributed by atoms with Gasteiger partial charge in [-0.05, 0) is 43.7 Å². The van der Waals surface area contributed by atoms with Gasteiger partial charge in [-0.2, -0.15) is 0 Å². The normalized spacial score (nSPS) is 12.6. The molecule has 1 unspecified atom stereocenters. The Hall–Kier alpha value is -1.10. The summed E-state index contributed by atoms with van der Waals surface area (Å²) in [5.74, 6) is 0. The van der Waals surface area contributed by atoms with Crippen molar-refractivity contribution >= 4 is 23.2 Å². The van der Waals surface area contributed by atoms with Crippen LogP contribution in [0.4, 0.5) is 0 Å². The maximum absolute atomic E-state index is 6.16. The van der Waals surface area contributed by atoms with Crippen LogP contribution in [0, 0.1) is 0 Å². The molecule has 0 fully saturated rings. The van der Waals surface area contributed by atoms with Crippen LogP contribution in [0.5, 0.6) is 0 Å². The predicted octanol–water partition coefficient (Wildman–Crippen LogP) is 3.33. The van der Waals surface area contributed by atoms with Crippen molar-refractivity contribution in [3.8, 4) is 0 Å². The van der Waals surface area contributed by atoms with Gasteiger partial charge in [0.05, 0.1) is 6.20 Å². The van der Waals surface area contributed by atoms with E-state index in [1.807, 2.05) is 23.0 Å². The lowest BCUT2D eigenvalue weighted by Crippen LogP contribution is -2.21. The first kappa shape index (κ1) is 14.3. The molecule has 0 saturated carbocycles. The second kappa shape index (κ2) is 6.89. The molecule has 19 heavy (non-hydrogen) atoms. The number of aromatic nitrogens is 3. The minimum Gasteiger partial charge on any atom is -0.310 e. The van der Waals surface area contributed by atoms with E-state index in [-0.39, 0.29) is 6.04 Å². The largest absolute Gasteiger partial charge is 0.310 e. The van der Waals surface area contributed by atoms with Gasteiger partial charge >= 0.3 is 0 Å². The van der Waals surface area contributed by atoms with Crippen LogP contribution >= 0.6 is 23.2 Å². The first-order valence-electron chi connectivity index (χ1n) is 6.19. The van der Waals surface area contributed by atoms with Crippen molar-refractivity contribution in [2.24, 2.45) is 0 Å². The van der Waals surface area contributed by atoms with Crippen LogP contribution in [-0.4, -0.2) is 21.5 Å². The third kappa shape index (κ3) is 4.20. The Morgan fingerprint density at radius 3 is 2.95 bits per heavy atom. The predicted molar refractivity (Wildman–Crippen MR) is 77.5 cm³/mol. The molecule has 0 aliphatic rings. The molecule has 1 aromatic carbocycles. The number of benzene rings is 1. The summed E-state index contributed by atoms with van der Waals surface area (Å²) in [5, 5.41) is 12.5. The van der Waals surface area contributed by atoms with E-state index in [9.17, 15) is 0 Å². The second-order valence-electron chi connectivity index (χ2n) is 4.36. The highest BCUT2D eigenvalue weighted by atomic mass is 35.5. The van der Waals surface area contributed by atoms with Gasteiger partial charge in [0, 0.05) is 28.8 Å². The summed E-state index contributed by atoms with van der Waals surface area (Å²) in [6, 6.07) is 5.69. The van der Waals surface area contributed by atoms with Crippen molar-refractivity contribution in [3.05, 3.63) is 46.2 Å². The fraction of sp³-hybridized carbons (Fsp3) is 0.385. The second-order valence-corrected chi connectivity index (χ2v) is 5.20. The van der Waals surface area contributed by atoms with Gasteiger partial charge in [0.2, 0.25) is 0 Å². The summed E-state index contributed by atoms with van der Waals surface area (Å²) < 4.78 is 1.82. The highest BCUT2D eigenvalue weighted by Gasteiger charge is 2.09. The van der Waals surface area contributed by atoms with Gasteiger partial charge in [-0.3, -0.25) is 4.68 Å². The molecule has 0 bridgehead atoms. The third-order valence-corrected chi connectivity index (χ3v) is 3.49. The smallest absolute Gasteiger partial charge is 0.0692 e. The quantitative estimate of drug-likeness (QED) is 0.832. The van der Waals surface area contributed by atoms with E-state index in [4.69, 9.17) is 23.2 Å². The summed E-state index contributed by atoms with van der Waals surface area (Å²) in [6.45, 7) is 3.81. The Labute approximate surface area is 122 Å². The van der Waals surface area contributed by atoms with Crippen molar-refractivity contribution in [1.82, 2.24) is 20.3 Å². The van der Waals surface area contributed by atoms with Gasteiger partial charge < -0.3 is 5.32 Å². The van der Waals surface area contributed by atoms with Crippen molar-refractivity contribution in [2.75, 3.05) is 6.54 Å². The molecule has 1 heterocycles. The topological polar surface area (TPSA) is 42.7 Å². The fourth-order valence-corrected chi connectivity index (χ4v) is 2.33. The molecule has 0 amide bonds. The molecule has 0 radical (unpaired) electrons. The Balaban J connectivity index is 1.80. The first-order chi connectivity index (χ1) is 9.16.